The molecule has 0 amide bonds. The van der Waals surface area contributed by atoms with Crippen LogP contribution < -0.4 is 0 Å². The van der Waals surface area contributed by atoms with Gasteiger partial charge in [0, 0.05) is 0 Å². The highest BCUT2D eigenvalue weighted by molar-refractivity contribution is 5.74. The molecule has 6 heteroatoms. The molecule has 6 nitrogen and oxygen atoms in total. The number of rotatable bonds is 1. The number of hydrogen-bond donors (Lipinski definition) is 0. The summed E-state index contributed by atoms with van der Waals surface area (Å²) in [5.74, 6) is 0. The van der Waals surface area contributed by atoms with Gasteiger partial charge in [-0.25, -0.2) is 0 Å². The van der Waals surface area contributed by atoms with Gasteiger partial charge in [0.1, 0.15) is 5.52 Å². The van der Waals surface area contributed by atoms with Gasteiger partial charge in [-0.2, -0.15) is 0 Å². The lowest BCUT2D eigenvalue weighted by Gasteiger charge is -1.92. The Labute approximate surface area is 72.9 Å². The van der Waals surface area contributed by atoms with Crippen molar-refractivity contribution in [3.05, 3.63) is 33.9 Å². The van der Waals surface area contributed by atoms with E-state index in [1.165, 1.54) is 0 Å². The van der Waals surface area contributed by atoms with Crippen molar-refractivity contribution < 1.29 is 5.03 Å². The molecule has 0 unspecified atom stereocenters. The second-order valence-electron chi connectivity index (χ2n) is 2.71. The van der Waals surface area contributed by atoms with Crippen LogP contribution in [0.5, 0.6) is 0 Å². The largest absolute Gasteiger partial charge is 0.339 e. The molecule has 13 heavy (non-hydrogen) atoms. The Balaban J connectivity index is 2.76. The molecule has 0 aliphatic heterocycles. The maximum atomic E-state index is 10.4. The van der Waals surface area contributed by atoms with E-state index in [0.717, 1.165) is 5.56 Å². The predicted octanol–water partition coefficient (Wildman–Crippen LogP) is 0.780. The van der Waals surface area contributed by atoms with Crippen LogP contribution in [0, 0.1) is 17.0 Å². The third-order valence-corrected chi connectivity index (χ3v) is 1.74. The molecule has 0 spiro atoms. The Morgan fingerprint density at radius 1 is 1.54 bits per heavy atom. The van der Waals surface area contributed by atoms with Crippen LogP contribution in [0.25, 0.3) is 11.0 Å². The summed E-state index contributed by atoms with van der Waals surface area (Å²) in [7, 11) is 0. The Bertz CT molecular complexity index is 476. The lowest BCUT2D eigenvalue weighted by Crippen LogP contribution is -2.09. The zero-order chi connectivity index (χ0) is 9.42. The molecule has 0 atom stereocenters. The van der Waals surface area contributed by atoms with Crippen molar-refractivity contribution in [2.45, 2.75) is 6.92 Å². The van der Waals surface area contributed by atoms with Crippen LogP contribution in [0.4, 0.5) is 0 Å². The van der Waals surface area contributed by atoms with E-state index in [9.17, 15) is 10.1 Å². The molecular weight excluding hydrogens is 172 g/mol. The minimum absolute atomic E-state index is 0.413. The van der Waals surface area contributed by atoms with Crippen molar-refractivity contribution >= 4 is 11.0 Å². The number of nitrogens with zero attached hydrogens (tertiary/aromatic N) is 4. The van der Waals surface area contributed by atoms with Crippen molar-refractivity contribution in [1.29, 1.82) is 0 Å². The lowest BCUT2D eigenvalue weighted by molar-refractivity contribution is -0.549. The molecule has 0 aliphatic carbocycles. The molecule has 1 aromatic heterocycles. The van der Waals surface area contributed by atoms with Gasteiger partial charge in [0.05, 0.1) is 9.82 Å². The van der Waals surface area contributed by atoms with Gasteiger partial charge in [0.2, 0.25) is 0 Å². The summed E-state index contributed by atoms with van der Waals surface area (Å²) in [6, 6.07) is 5.17. The van der Waals surface area contributed by atoms with Gasteiger partial charge < -0.3 is 10.1 Å². The van der Waals surface area contributed by atoms with Crippen LogP contribution in [0.15, 0.2) is 18.2 Å². The fourth-order valence-corrected chi connectivity index (χ4v) is 1.14. The molecule has 0 saturated carbocycles. The minimum Gasteiger partial charge on any atom is -0.339 e. The van der Waals surface area contributed by atoms with E-state index >= 15 is 0 Å². The van der Waals surface area contributed by atoms with Gasteiger partial charge in [0.25, 0.3) is 0 Å². The summed E-state index contributed by atoms with van der Waals surface area (Å²) < 4.78 is 0. The first-order valence-corrected chi connectivity index (χ1v) is 3.65. The molecule has 1 heterocycles. The van der Waals surface area contributed by atoms with Crippen molar-refractivity contribution in [3.63, 3.8) is 0 Å². The Kier molecular flexibility index (Phi) is 1.48. The SMILES string of the molecule is Cc1ccc2c(c1)nnn2[N+](=O)[O-]. The number of nitro groups is 1. The minimum atomic E-state index is -0.606. The van der Waals surface area contributed by atoms with E-state index in [1.54, 1.807) is 18.2 Å². The molecule has 66 valence electrons. The quantitative estimate of drug-likeness (QED) is 0.477. The average molecular weight is 178 g/mol. The van der Waals surface area contributed by atoms with Crippen molar-refractivity contribution in [1.82, 2.24) is 15.1 Å². The predicted molar refractivity (Wildman–Crippen MR) is 44.7 cm³/mol. The Morgan fingerprint density at radius 2 is 2.31 bits per heavy atom. The van der Waals surface area contributed by atoms with Crippen LogP contribution in [0.2, 0.25) is 0 Å². The molecule has 0 saturated heterocycles. The zero-order valence-corrected chi connectivity index (χ0v) is 6.84. The first kappa shape index (κ1) is 7.66. The molecule has 2 aromatic rings. The summed E-state index contributed by atoms with van der Waals surface area (Å²) in [6.45, 7) is 1.89. The number of hydrogen-bond acceptors (Lipinski definition) is 4. The van der Waals surface area contributed by atoms with E-state index in [2.05, 4.69) is 10.3 Å². The summed E-state index contributed by atoms with van der Waals surface area (Å²) >= 11 is 0. The lowest BCUT2D eigenvalue weighted by atomic mass is 10.2. The van der Waals surface area contributed by atoms with Crippen LogP contribution in [0.3, 0.4) is 0 Å². The standard InChI is InChI=1S/C7H6N4O2/c1-5-2-3-7-6(4-5)8-9-10(7)11(12)13/h2-4H,1H3. The van der Waals surface area contributed by atoms with E-state index in [-0.39, 0.29) is 0 Å². The third kappa shape index (κ3) is 1.12. The highest BCUT2D eigenvalue weighted by atomic mass is 16.7. The van der Waals surface area contributed by atoms with Crippen LogP contribution in [-0.2, 0) is 0 Å². The molecule has 0 radical (unpaired) electrons. The van der Waals surface area contributed by atoms with Crippen LogP contribution in [0.1, 0.15) is 5.56 Å². The summed E-state index contributed by atoms with van der Waals surface area (Å²) in [4.78, 5) is 11.1. The average Bonchev–Trinajstić information content (AvgIpc) is 2.46. The molecule has 0 aliphatic rings. The first-order valence-electron chi connectivity index (χ1n) is 3.65. The van der Waals surface area contributed by atoms with E-state index in [1.807, 2.05) is 6.92 Å². The van der Waals surface area contributed by atoms with Gasteiger partial charge in [-0.05, 0) is 29.7 Å². The molecule has 0 bridgehead atoms. The number of aromatic nitrogens is 3. The fraction of sp³-hybridized carbons (Fsp3) is 0.143. The number of benzene rings is 1. The van der Waals surface area contributed by atoms with Crippen LogP contribution in [-0.4, -0.2) is 20.1 Å². The monoisotopic (exact) mass is 178 g/mol. The second kappa shape index (κ2) is 2.51. The molecular formula is C7H6N4O2. The summed E-state index contributed by atoms with van der Waals surface area (Å²) in [6.07, 6.45) is 0. The van der Waals surface area contributed by atoms with Crippen molar-refractivity contribution in [2.75, 3.05) is 0 Å². The van der Waals surface area contributed by atoms with Gasteiger partial charge in [-0.15, -0.1) is 0 Å². The van der Waals surface area contributed by atoms with E-state index in [0.29, 0.717) is 15.8 Å². The Morgan fingerprint density at radius 3 is 3.00 bits per heavy atom. The summed E-state index contributed by atoms with van der Waals surface area (Å²) in [5, 5.41) is 16.9. The van der Waals surface area contributed by atoms with Crippen LogP contribution >= 0.6 is 0 Å². The highest BCUT2D eigenvalue weighted by Gasteiger charge is 2.12. The summed E-state index contributed by atoms with van der Waals surface area (Å²) in [5.41, 5.74) is 1.95. The van der Waals surface area contributed by atoms with Gasteiger partial charge in [-0.1, -0.05) is 6.07 Å². The van der Waals surface area contributed by atoms with Gasteiger partial charge >= 0.3 is 0 Å². The molecule has 1 aromatic carbocycles. The normalized spacial score (nSPS) is 10.5. The fourth-order valence-electron chi connectivity index (χ4n) is 1.14. The molecule has 2 rings (SSSR count). The van der Waals surface area contributed by atoms with Crippen molar-refractivity contribution in [3.8, 4) is 0 Å². The van der Waals surface area contributed by atoms with Crippen molar-refractivity contribution in [2.24, 2.45) is 0 Å². The van der Waals surface area contributed by atoms with E-state index in [4.69, 9.17) is 0 Å². The third-order valence-electron chi connectivity index (χ3n) is 1.74. The maximum absolute atomic E-state index is 10.4. The molecule has 0 N–H and O–H groups in total. The smallest absolute Gasteiger partial charge is 0.183 e. The highest BCUT2D eigenvalue weighted by Crippen LogP contribution is 2.11. The second-order valence-corrected chi connectivity index (χ2v) is 2.71. The zero-order valence-electron chi connectivity index (χ0n) is 6.84. The first-order chi connectivity index (χ1) is 6.18. The van der Waals surface area contributed by atoms with Gasteiger partial charge in [-0.3, -0.25) is 0 Å². The number of aryl methyl sites for hydroxylation is 1. The molecule has 0 fully saturated rings. The van der Waals surface area contributed by atoms with Gasteiger partial charge in [0.15, 0.2) is 10.7 Å². The Hall–Kier alpha value is -1.98. The topological polar surface area (TPSA) is 73.8 Å². The van der Waals surface area contributed by atoms with E-state index < -0.39 is 5.03 Å². The maximum Gasteiger partial charge on any atom is 0.183 e. The number of fused-ring (bicyclic) bond motifs is 1.